The lowest BCUT2D eigenvalue weighted by molar-refractivity contribution is -0.137. The number of nitrogens with zero attached hydrogens (tertiary/aromatic N) is 3. The Kier molecular flexibility index (Phi) is 6.51. The summed E-state index contributed by atoms with van der Waals surface area (Å²) >= 11 is 5.70. The van der Waals surface area contributed by atoms with Crippen molar-refractivity contribution < 1.29 is 18.0 Å². The Morgan fingerprint density at radius 3 is 2.67 bits per heavy atom. The Morgan fingerprint density at radius 1 is 1.33 bits per heavy atom. The number of aliphatic imine (C=N–C) groups is 2. The molecule has 2 rings (SSSR count). The minimum atomic E-state index is -4.62. The highest BCUT2D eigenvalue weighted by atomic mass is 35.5. The third-order valence-corrected chi connectivity index (χ3v) is 3.53. The molecular formula is C17H15ClF3N5O. The first-order valence-corrected chi connectivity index (χ1v) is 8.01. The Morgan fingerprint density at radius 2 is 2.07 bits per heavy atom. The molecule has 0 fully saturated rings. The number of carbonyl (C=O) groups excluding carboxylic acids is 1. The number of hydrogen-bond acceptors (Lipinski definition) is 3. The predicted molar refractivity (Wildman–Crippen MR) is 97.4 cm³/mol. The normalized spacial score (nSPS) is 13.6. The standard InChI is InChI=1S/C17H15ClF3N5O/c1-10(15(24-9-22)26-14-4-2-3-5-23-14)25-16(27)11-6-12(17(19,20)21)8-13(18)7-11/h2-10H,1H3,(H,25,27)(H2,22,23,24,26)/t10-/m0/s1. The van der Waals surface area contributed by atoms with Crippen molar-refractivity contribution in [2.24, 2.45) is 15.7 Å². The number of pyridine rings is 1. The van der Waals surface area contributed by atoms with E-state index in [2.05, 4.69) is 20.3 Å². The summed E-state index contributed by atoms with van der Waals surface area (Å²) in [5, 5.41) is 2.31. The van der Waals surface area contributed by atoms with Gasteiger partial charge >= 0.3 is 6.18 Å². The number of benzene rings is 1. The van der Waals surface area contributed by atoms with Gasteiger partial charge in [-0.2, -0.15) is 13.2 Å². The Balaban J connectivity index is 2.25. The topological polar surface area (TPSA) is 92.7 Å². The van der Waals surface area contributed by atoms with E-state index in [1.165, 1.54) is 6.20 Å². The van der Waals surface area contributed by atoms with E-state index in [4.69, 9.17) is 17.3 Å². The van der Waals surface area contributed by atoms with E-state index in [9.17, 15) is 18.0 Å². The smallest absolute Gasteiger partial charge is 0.390 e. The molecule has 2 aromatic rings. The molecule has 1 amide bonds. The number of nitrogens with two attached hydrogens (primary N) is 1. The largest absolute Gasteiger partial charge is 0.416 e. The number of carbonyl (C=O) groups is 1. The van der Waals surface area contributed by atoms with Crippen LogP contribution in [0.1, 0.15) is 22.8 Å². The average Bonchev–Trinajstić information content (AvgIpc) is 2.61. The Bertz CT molecular complexity index is 869. The summed E-state index contributed by atoms with van der Waals surface area (Å²) in [6, 6.07) is 6.88. The van der Waals surface area contributed by atoms with Crippen LogP contribution in [0.15, 0.2) is 52.6 Å². The summed E-state index contributed by atoms with van der Waals surface area (Å²) in [6.45, 7) is 1.56. The third kappa shape index (κ3) is 5.78. The Labute approximate surface area is 158 Å². The van der Waals surface area contributed by atoms with Crippen LogP contribution in [-0.4, -0.2) is 29.1 Å². The molecule has 0 saturated heterocycles. The van der Waals surface area contributed by atoms with E-state index in [0.717, 1.165) is 24.5 Å². The molecular weight excluding hydrogens is 383 g/mol. The molecule has 0 aliphatic rings. The number of alkyl halides is 3. The van der Waals surface area contributed by atoms with E-state index in [0.29, 0.717) is 5.82 Å². The maximum atomic E-state index is 12.9. The van der Waals surface area contributed by atoms with Gasteiger partial charge in [-0.05, 0) is 37.3 Å². The summed E-state index contributed by atoms with van der Waals surface area (Å²) in [5.41, 5.74) is 4.04. The van der Waals surface area contributed by atoms with Crippen LogP contribution in [0.4, 0.5) is 19.0 Å². The SMILES string of the molecule is C[C@H](NC(=O)c1cc(Cl)cc(C(F)(F)F)c1)C(N=CN)=Nc1ccccn1. The molecule has 6 nitrogen and oxygen atoms in total. The molecule has 0 bridgehead atoms. The highest BCUT2D eigenvalue weighted by Gasteiger charge is 2.31. The number of halogens is 4. The minimum Gasteiger partial charge on any atom is -0.390 e. The highest BCUT2D eigenvalue weighted by molar-refractivity contribution is 6.31. The highest BCUT2D eigenvalue weighted by Crippen LogP contribution is 2.31. The van der Waals surface area contributed by atoms with Gasteiger partial charge in [0.1, 0.15) is 0 Å². The van der Waals surface area contributed by atoms with Crippen molar-refractivity contribution >= 4 is 35.5 Å². The maximum Gasteiger partial charge on any atom is 0.416 e. The van der Waals surface area contributed by atoms with Gasteiger partial charge in [0.25, 0.3) is 5.91 Å². The zero-order valence-corrected chi connectivity index (χ0v) is 14.8. The van der Waals surface area contributed by atoms with E-state index in [1.807, 2.05) is 0 Å². The molecule has 0 unspecified atom stereocenters. The number of nitrogens with one attached hydrogen (secondary N) is 1. The number of hydrogen-bond donors (Lipinski definition) is 2. The van der Waals surface area contributed by atoms with Gasteiger partial charge in [0.2, 0.25) is 0 Å². The van der Waals surface area contributed by atoms with Gasteiger partial charge in [-0.1, -0.05) is 17.7 Å². The summed E-state index contributed by atoms with van der Waals surface area (Å²) in [7, 11) is 0. The molecule has 0 radical (unpaired) electrons. The zero-order chi connectivity index (χ0) is 20.0. The lowest BCUT2D eigenvalue weighted by atomic mass is 10.1. The zero-order valence-electron chi connectivity index (χ0n) is 14.0. The van der Waals surface area contributed by atoms with Crippen LogP contribution in [0.5, 0.6) is 0 Å². The second-order valence-corrected chi connectivity index (χ2v) is 5.79. The lowest BCUT2D eigenvalue weighted by Crippen LogP contribution is -2.38. The second kappa shape index (κ2) is 8.63. The van der Waals surface area contributed by atoms with E-state index >= 15 is 0 Å². The molecule has 142 valence electrons. The second-order valence-electron chi connectivity index (χ2n) is 5.36. The van der Waals surface area contributed by atoms with Crippen molar-refractivity contribution in [2.45, 2.75) is 19.1 Å². The fourth-order valence-electron chi connectivity index (χ4n) is 2.08. The lowest BCUT2D eigenvalue weighted by Gasteiger charge is -2.15. The molecule has 0 saturated carbocycles. The van der Waals surface area contributed by atoms with Gasteiger partial charge < -0.3 is 11.1 Å². The van der Waals surface area contributed by atoms with Crippen LogP contribution >= 0.6 is 11.6 Å². The molecule has 27 heavy (non-hydrogen) atoms. The molecule has 0 aliphatic heterocycles. The van der Waals surface area contributed by atoms with Crippen LogP contribution in [0, 0.1) is 0 Å². The predicted octanol–water partition coefficient (Wildman–Crippen LogP) is 3.59. The van der Waals surface area contributed by atoms with E-state index in [1.54, 1.807) is 25.1 Å². The Hall–Kier alpha value is -2.94. The van der Waals surface area contributed by atoms with Gasteiger partial charge in [0, 0.05) is 16.8 Å². The quantitative estimate of drug-likeness (QED) is 0.610. The van der Waals surface area contributed by atoms with Gasteiger partial charge in [-0.15, -0.1) is 0 Å². The monoisotopic (exact) mass is 397 g/mol. The van der Waals surface area contributed by atoms with Crippen LogP contribution in [0.25, 0.3) is 0 Å². The summed E-state index contributed by atoms with van der Waals surface area (Å²) in [6.07, 6.45) is -2.11. The number of aromatic nitrogens is 1. The molecule has 1 atom stereocenters. The van der Waals surface area contributed by atoms with Crippen molar-refractivity contribution in [3.63, 3.8) is 0 Å². The summed E-state index contributed by atoms with van der Waals surface area (Å²) in [5.74, 6) is -0.305. The summed E-state index contributed by atoms with van der Waals surface area (Å²) < 4.78 is 38.7. The van der Waals surface area contributed by atoms with E-state index < -0.39 is 23.7 Å². The molecule has 0 aliphatic carbocycles. The van der Waals surface area contributed by atoms with Crippen molar-refractivity contribution in [1.82, 2.24) is 10.3 Å². The first-order valence-electron chi connectivity index (χ1n) is 7.63. The first kappa shape index (κ1) is 20.4. The van der Waals surface area contributed by atoms with Crippen molar-refractivity contribution in [3.8, 4) is 0 Å². The minimum absolute atomic E-state index is 0.127. The van der Waals surface area contributed by atoms with Gasteiger partial charge in [0.15, 0.2) is 11.7 Å². The molecule has 1 heterocycles. The van der Waals surface area contributed by atoms with E-state index in [-0.39, 0.29) is 16.4 Å². The van der Waals surface area contributed by atoms with Gasteiger partial charge in [0.05, 0.1) is 17.9 Å². The van der Waals surface area contributed by atoms with Crippen LogP contribution < -0.4 is 11.1 Å². The van der Waals surface area contributed by atoms with Gasteiger partial charge in [-0.25, -0.2) is 15.0 Å². The van der Waals surface area contributed by atoms with Crippen molar-refractivity contribution in [3.05, 3.63) is 58.7 Å². The summed E-state index contributed by atoms with van der Waals surface area (Å²) in [4.78, 5) is 24.4. The maximum absolute atomic E-state index is 12.9. The molecule has 3 N–H and O–H groups in total. The van der Waals surface area contributed by atoms with Crippen molar-refractivity contribution in [1.29, 1.82) is 0 Å². The van der Waals surface area contributed by atoms with Crippen LogP contribution in [0.2, 0.25) is 5.02 Å². The van der Waals surface area contributed by atoms with Gasteiger partial charge in [-0.3, -0.25) is 4.79 Å². The molecule has 0 spiro atoms. The number of amidine groups is 1. The third-order valence-electron chi connectivity index (χ3n) is 3.31. The van der Waals surface area contributed by atoms with Crippen LogP contribution in [0.3, 0.4) is 0 Å². The fourth-order valence-corrected chi connectivity index (χ4v) is 2.32. The average molecular weight is 398 g/mol. The number of amides is 1. The molecule has 1 aromatic carbocycles. The first-order chi connectivity index (χ1) is 12.7. The number of rotatable bonds is 4. The molecule has 10 heteroatoms. The van der Waals surface area contributed by atoms with Crippen LogP contribution in [-0.2, 0) is 6.18 Å². The molecule has 1 aromatic heterocycles. The van der Waals surface area contributed by atoms with Crippen molar-refractivity contribution in [2.75, 3.05) is 0 Å². The fraction of sp³-hybridized carbons (Fsp3) is 0.176.